The number of hydrogen-bond donors (Lipinski definition) is 1. The number of rotatable bonds is 5. The molecule has 1 aliphatic rings. The molecule has 0 atom stereocenters. The van der Waals surface area contributed by atoms with Gasteiger partial charge >= 0.3 is 0 Å². The third kappa shape index (κ3) is 4.25. The predicted octanol–water partition coefficient (Wildman–Crippen LogP) is 3.30. The quantitative estimate of drug-likeness (QED) is 0.834. The van der Waals surface area contributed by atoms with E-state index in [0.717, 1.165) is 28.8 Å². The van der Waals surface area contributed by atoms with E-state index in [1.165, 1.54) is 4.31 Å². The lowest BCUT2D eigenvalue weighted by Gasteiger charge is -2.30. The Bertz CT molecular complexity index is 965. The maximum atomic E-state index is 12.9. The number of anilines is 1. The maximum absolute atomic E-state index is 12.9. The summed E-state index contributed by atoms with van der Waals surface area (Å²) < 4.78 is 27.3. The lowest BCUT2D eigenvalue weighted by atomic mass is 9.97. The minimum absolute atomic E-state index is 0.0517. The van der Waals surface area contributed by atoms with Crippen molar-refractivity contribution in [2.24, 2.45) is 5.92 Å². The summed E-state index contributed by atoms with van der Waals surface area (Å²) in [6.07, 6.45) is 5.24. The minimum atomic E-state index is -3.53. The number of hydrogen-bond acceptors (Lipinski definition) is 4. The van der Waals surface area contributed by atoms with Gasteiger partial charge in [0, 0.05) is 37.1 Å². The lowest BCUT2D eigenvalue weighted by molar-refractivity contribution is -0.120. The van der Waals surface area contributed by atoms with Crippen LogP contribution in [-0.2, 0) is 21.2 Å². The minimum Gasteiger partial charge on any atom is -0.325 e. The van der Waals surface area contributed by atoms with E-state index < -0.39 is 10.0 Å². The zero-order valence-corrected chi connectivity index (χ0v) is 17.4. The number of pyridine rings is 1. The average Bonchev–Trinajstić information content (AvgIpc) is 2.70. The molecular weight excluding hydrogens is 374 g/mol. The highest BCUT2D eigenvalue weighted by atomic mass is 32.2. The Labute approximate surface area is 167 Å². The van der Waals surface area contributed by atoms with Gasteiger partial charge in [0.05, 0.1) is 4.90 Å². The van der Waals surface area contributed by atoms with Crippen LogP contribution in [0.2, 0.25) is 0 Å². The van der Waals surface area contributed by atoms with Crippen LogP contribution in [0.25, 0.3) is 0 Å². The third-order valence-electron chi connectivity index (χ3n) is 5.48. The fourth-order valence-electron chi connectivity index (χ4n) is 3.45. The molecular formula is C21H27N3O3S. The van der Waals surface area contributed by atoms with Gasteiger partial charge in [-0.15, -0.1) is 0 Å². The molecule has 0 spiro atoms. The van der Waals surface area contributed by atoms with Gasteiger partial charge in [0.2, 0.25) is 15.9 Å². The summed E-state index contributed by atoms with van der Waals surface area (Å²) in [6.45, 7) is 6.59. The predicted molar refractivity (Wildman–Crippen MR) is 110 cm³/mol. The van der Waals surface area contributed by atoms with Gasteiger partial charge in [-0.1, -0.05) is 13.0 Å². The third-order valence-corrected chi connectivity index (χ3v) is 7.38. The van der Waals surface area contributed by atoms with Crippen LogP contribution in [0.5, 0.6) is 0 Å². The SMILES string of the molecule is CCc1cnccc1NC(=O)C1CCN(S(=O)(=O)c2ccc(C)c(C)c2)CC1. The van der Waals surface area contributed by atoms with Gasteiger partial charge in [0.25, 0.3) is 0 Å². The Kier molecular flexibility index (Phi) is 6.15. The van der Waals surface area contributed by atoms with Crippen molar-refractivity contribution in [3.63, 3.8) is 0 Å². The molecule has 1 aliphatic heterocycles. The molecule has 1 aromatic heterocycles. The molecule has 1 aromatic carbocycles. The second-order valence-corrected chi connectivity index (χ2v) is 9.24. The summed E-state index contributed by atoms with van der Waals surface area (Å²) >= 11 is 0. The zero-order chi connectivity index (χ0) is 20.3. The van der Waals surface area contributed by atoms with Crippen molar-refractivity contribution in [1.29, 1.82) is 0 Å². The normalized spacial score (nSPS) is 16.1. The molecule has 6 nitrogen and oxygen atoms in total. The molecule has 0 radical (unpaired) electrons. The van der Waals surface area contributed by atoms with E-state index in [-0.39, 0.29) is 11.8 Å². The summed E-state index contributed by atoms with van der Waals surface area (Å²) in [4.78, 5) is 17.1. The summed E-state index contributed by atoms with van der Waals surface area (Å²) in [6, 6.07) is 7.02. The Morgan fingerprint density at radius 2 is 1.89 bits per heavy atom. The average molecular weight is 402 g/mol. The summed E-state index contributed by atoms with van der Waals surface area (Å²) in [7, 11) is -3.53. The van der Waals surface area contributed by atoms with Crippen molar-refractivity contribution >= 4 is 21.6 Å². The van der Waals surface area contributed by atoms with E-state index in [1.807, 2.05) is 26.8 Å². The first-order valence-corrected chi connectivity index (χ1v) is 11.1. The fourth-order valence-corrected chi connectivity index (χ4v) is 5.00. The molecule has 7 heteroatoms. The highest BCUT2D eigenvalue weighted by Crippen LogP contribution is 2.26. The molecule has 1 fully saturated rings. The number of carbonyl (C=O) groups is 1. The first-order valence-electron chi connectivity index (χ1n) is 9.64. The molecule has 3 rings (SSSR count). The monoisotopic (exact) mass is 401 g/mol. The van der Waals surface area contributed by atoms with E-state index >= 15 is 0 Å². The molecule has 1 N–H and O–H groups in total. The van der Waals surface area contributed by atoms with Crippen LogP contribution in [0.1, 0.15) is 36.5 Å². The second kappa shape index (κ2) is 8.41. The van der Waals surface area contributed by atoms with Crippen LogP contribution in [0.4, 0.5) is 5.69 Å². The zero-order valence-electron chi connectivity index (χ0n) is 16.6. The number of piperidine rings is 1. The topological polar surface area (TPSA) is 79.4 Å². The van der Waals surface area contributed by atoms with Gasteiger partial charge in [-0.2, -0.15) is 4.31 Å². The summed E-state index contributed by atoms with van der Waals surface area (Å²) in [5, 5.41) is 2.98. The van der Waals surface area contributed by atoms with Gasteiger partial charge in [-0.3, -0.25) is 9.78 Å². The number of amides is 1. The Balaban J connectivity index is 1.65. The van der Waals surface area contributed by atoms with Crippen molar-refractivity contribution < 1.29 is 13.2 Å². The van der Waals surface area contributed by atoms with Crippen LogP contribution in [-0.4, -0.2) is 36.7 Å². The van der Waals surface area contributed by atoms with Gasteiger partial charge in [0.1, 0.15) is 0 Å². The van der Waals surface area contributed by atoms with E-state index in [4.69, 9.17) is 0 Å². The van der Waals surface area contributed by atoms with E-state index in [0.29, 0.717) is 30.8 Å². The first kappa shape index (κ1) is 20.5. The Morgan fingerprint density at radius 3 is 2.54 bits per heavy atom. The molecule has 28 heavy (non-hydrogen) atoms. The number of benzene rings is 1. The van der Waals surface area contributed by atoms with Crippen LogP contribution >= 0.6 is 0 Å². The van der Waals surface area contributed by atoms with E-state index in [9.17, 15) is 13.2 Å². The number of nitrogens with zero attached hydrogens (tertiary/aromatic N) is 2. The van der Waals surface area contributed by atoms with Crippen molar-refractivity contribution in [1.82, 2.24) is 9.29 Å². The lowest BCUT2D eigenvalue weighted by Crippen LogP contribution is -2.41. The van der Waals surface area contributed by atoms with Crippen molar-refractivity contribution in [3.05, 3.63) is 53.3 Å². The van der Waals surface area contributed by atoms with Crippen molar-refractivity contribution in [2.75, 3.05) is 18.4 Å². The molecule has 150 valence electrons. The largest absolute Gasteiger partial charge is 0.325 e. The van der Waals surface area contributed by atoms with Crippen LogP contribution in [0.3, 0.4) is 0 Å². The molecule has 2 aromatic rings. The van der Waals surface area contributed by atoms with Crippen LogP contribution in [0.15, 0.2) is 41.6 Å². The van der Waals surface area contributed by atoms with Crippen LogP contribution in [0, 0.1) is 19.8 Å². The van der Waals surface area contributed by atoms with Crippen LogP contribution < -0.4 is 5.32 Å². The molecule has 1 amide bonds. The number of aromatic nitrogens is 1. The first-order chi connectivity index (χ1) is 13.3. The van der Waals surface area contributed by atoms with E-state index in [2.05, 4.69) is 10.3 Å². The van der Waals surface area contributed by atoms with Gasteiger partial charge < -0.3 is 5.32 Å². The molecule has 1 saturated heterocycles. The summed E-state index contributed by atoms with van der Waals surface area (Å²) in [5.74, 6) is -0.242. The highest BCUT2D eigenvalue weighted by molar-refractivity contribution is 7.89. The van der Waals surface area contributed by atoms with Crippen molar-refractivity contribution in [2.45, 2.75) is 44.9 Å². The van der Waals surface area contributed by atoms with E-state index in [1.54, 1.807) is 30.6 Å². The number of aryl methyl sites for hydroxylation is 3. The fraction of sp³-hybridized carbons (Fsp3) is 0.429. The molecule has 2 heterocycles. The second-order valence-electron chi connectivity index (χ2n) is 7.30. The number of nitrogens with one attached hydrogen (secondary N) is 1. The maximum Gasteiger partial charge on any atom is 0.243 e. The van der Waals surface area contributed by atoms with Gasteiger partial charge in [-0.25, -0.2) is 8.42 Å². The Morgan fingerprint density at radius 1 is 1.18 bits per heavy atom. The highest BCUT2D eigenvalue weighted by Gasteiger charge is 2.32. The standard InChI is InChI=1S/C21H27N3O3S/c1-4-17-14-22-10-7-20(17)23-21(25)18-8-11-24(12-9-18)28(26,27)19-6-5-15(2)16(3)13-19/h5-7,10,13-14,18H,4,8-9,11-12H2,1-3H3,(H,22,23,25). The molecule has 0 bridgehead atoms. The molecule has 0 unspecified atom stereocenters. The van der Waals surface area contributed by atoms with Gasteiger partial charge in [0.15, 0.2) is 0 Å². The smallest absolute Gasteiger partial charge is 0.243 e. The summed E-state index contributed by atoms with van der Waals surface area (Å²) in [5.41, 5.74) is 3.80. The molecule has 0 aliphatic carbocycles. The molecule has 0 saturated carbocycles. The number of carbonyl (C=O) groups excluding carboxylic acids is 1. The number of sulfonamides is 1. The van der Waals surface area contributed by atoms with Crippen molar-refractivity contribution in [3.8, 4) is 0 Å². The van der Waals surface area contributed by atoms with Gasteiger partial charge in [-0.05, 0) is 68.0 Å². The Hall–Kier alpha value is -2.25.